The van der Waals surface area contributed by atoms with Crippen LogP contribution in [0.3, 0.4) is 0 Å². The van der Waals surface area contributed by atoms with Crippen LogP contribution in [-0.4, -0.2) is 10.1 Å². The molecule has 0 fully saturated rings. The molecule has 0 saturated heterocycles. The maximum Gasteiger partial charge on any atom is 0.131 e. The number of thiocarbonyl (C=S) groups is 1. The zero-order valence-corrected chi connectivity index (χ0v) is 13.0. The molecule has 102 valence electrons. The van der Waals surface area contributed by atoms with Gasteiger partial charge in [-0.1, -0.05) is 95.1 Å². The first-order chi connectivity index (χ1) is 8.27. The highest BCUT2D eigenvalue weighted by molar-refractivity contribution is 8.22. The van der Waals surface area contributed by atoms with E-state index in [1.54, 1.807) is 11.8 Å². The molecule has 17 heavy (non-hydrogen) atoms. The van der Waals surface area contributed by atoms with Crippen LogP contribution >= 0.6 is 24.0 Å². The summed E-state index contributed by atoms with van der Waals surface area (Å²) in [5.74, 6) is 1.10. The van der Waals surface area contributed by atoms with Crippen molar-refractivity contribution in [1.29, 1.82) is 0 Å². The molecule has 0 radical (unpaired) electrons. The zero-order chi connectivity index (χ0) is 12.8. The molecule has 0 spiro atoms. The lowest BCUT2D eigenvalue weighted by molar-refractivity contribution is 0.555. The average molecular weight is 276 g/mol. The molecule has 0 rings (SSSR count). The normalized spacial score (nSPS) is 10.6. The summed E-state index contributed by atoms with van der Waals surface area (Å²) < 4.78 is 0.595. The number of hydrogen-bond donors (Lipinski definition) is 1. The number of rotatable bonds is 12. The van der Waals surface area contributed by atoms with Crippen LogP contribution in [0.1, 0.15) is 77.6 Å². The van der Waals surface area contributed by atoms with Crippen molar-refractivity contribution in [2.45, 2.75) is 77.6 Å². The molecule has 2 N–H and O–H groups in total. The lowest BCUT2D eigenvalue weighted by Gasteiger charge is -2.02. The molecule has 1 nitrogen and oxygen atoms in total. The lowest BCUT2D eigenvalue weighted by atomic mass is 10.1. The summed E-state index contributed by atoms with van der Waals surface area (Å²) >= 11 is 6.44. The Bertz CT molecular complexity index is 172. The molecule has 3 heteroatoms. The van der Waals surface area contributed by atoms with E-state index in [1.807, 2.05) is 0 Å². The van der Waals surface area contributed by atoms with Crippen LogP contribution in [0.25, 0.3) is 0 Å². The lowest BCUT2D eigenvalue weighted by Crippen LogP contribution is -2.02. The second-order valence-corrected chi connectivity index (χ2v) is 6.54. The van der Waals surface area contributed by atoms with E-state index >= 15 is 0 Å². The van der Waals surface area contributed by atoms with E-state index in [4.69, 9.17) is 18.0 Å². The van der Waals surface area contributed by atoms with Crippen molar-refractivity contribution >= 4 is 28.3 Å². The minimum atomic E-state index is 0.595. The molecule has 0 amide bonds. The van der Waals surface area contributed by atoms with Gasteiger partial charge in [0.05, 0.1) is 0 Å². The van der Waals surface area contributed by atoms with Crippen LogP contribution in [-0.2, 0) is 0 Å². The molecule has 0 aliphatic heterocycles. The molecule has 0 aliphatic carbocycles. The van der Waals surface area contributed by atoms with Gasteiger partial charge in [-0.05, 0) is 6.42 Å². The van der Waals surface area contributed by atoms with Crippen molar-refractivity contribution in [3.8, 4) is 0 Å². The van der Waals surface area contributed by atoms with Gasteiger partial charge in [-0.15, -0.1) is 0 Å². The topological polar surface area (TPSA) is 26.0 Å². The standard InChI is InChI=1S/C14H29NS2/c1-2-3-4-5-6-7-8-9-10-11-12-13-17-14(15)16/h2-13H2,1H3,(H2,15,16). The van der Waals surface area contributed by atoms with Crippen molar-refractivity contribution in [1.82, 2.24) is 0 Å². The second kappa shape index (κ2) is 14.3. The third kappa shape index (κ3) is 16.2. The number of hydrogen-bond acceptors (Lipinski definition) is 2. The third-order valence-corrected chi connectivity index (χ3v) is 4.12. The molecule has 0 aromatic rings. The van der Waals surface area contributed by atoms with Gasteiger partial charge in [0, 0.05) is 5.75 Å². The largest absolute Gasteiger partial charge is 0.385 e. The minimum Gasteiger partial charge on any atom is -0.385 e. The fourth-order valence-electron chi connectivity index (χ4n) is 1.94. The maximum atomic E-state index is 5.42. The molecule has 0 unspecified atom stereocenters. The van der Waals surface area contributed by atoms with E-state index in [-0.39, 0.29) is 0 Å². The molecule has 0 aliphatic rings. The van der Waals surface area contributed by atoms with Crippen molar-refractivity contribution in [3.05, 3.63) is 0 Å². The zero-order valence-electron chi connectivity index (χ0n) is 11.4. The fourth-order valence-corrected chi connectivity index (χ4v) is 2.74. The summed E-state index contributed by atoms with van der Waals surface area (Å²) in [6.45, 7) is 2.27. The smallest absolute Gasteiger partial charge is 0.131 e. The predicted octanol–water partition coefficient (Wildman–Crippen LogP) is 5.27. The van der Waals surface area contributed by atoms with Gasteiger partial charge in [-0.3, -0.25) is 0 Å². The second-order valence-electron chi connectivity index (χ2n) is 4.70. The predicted molar refractivity (Wildman–Crippen MR) is 85.7 cm³/mol. The first-order valence-electron chi connectivity index (χ1n) is 7.19. The summed E-state index contributed by atoms with van der Waals surface area (Å²) in [6, 6.07) is 0. The van der Waals surface area contributed by atoms with Crippen molar-refractivity contribution in [3.63, 3.8) is 0 Å². The van der Waals surface area contributed by atoms with Gasteiger partial charge >= 0.3 is 0 Å². The van der Waals surface area contributed by atoms with Crippen LogP contribution < -0.4 is 5.73 Å². The van der Waals surface area contributed by atoms with E-state index < -0.39 is 0 Å². The van der Waals surface area contributed by atoms with E-state index in [1.165, 1.54) is 70.6 Å². The molecule has 0 bridgehead atoms. The van der Waals surface area contributed by atoms with Gasteiger partial charge in [0.25, 0.3) is 0 Å². The van der Waals surface area contributed by atoms with Gasteiger partial charge in [0.1, 0.15) is 4.32 Å². The fraction of sp³-hybridized carbons (Fsp3) is 0.929. The first kappa shape index (κ1) is 17.2. The quantitative estimate of drug-likeness (QED) is 0.388. The first-order valence-corrected chi connectivity index (χ1v) is 8.59. The Labute approximate surface area is 117 Å². The molecule has 0 aromatic carbocycles. The Morgan fingerprint density at radius 1 is 0.824 bits per heavy atom. The summed E-state index contributed by atoms with van der Waals surface area (Å²) in [6.07, 6.45) is 15.3. The van der Waals surface area contributed by atoms with Crippen LogP contribution in [0.15, 0.2) is 0 Å². The van der Waals surface area contributed by atoms with Gasteiger partial charge in [0.15, 0.2) is 0 Å². The van der Waals surface area contributed by atoms with E-state index in [0.717, 1.165) is 5.75 Å². The minimum absolute atomic E-state index is 0.595. The van der Waals surface area contributed by atoms with Crippen molar-refractivity contribution in [2.24, 2.45) is 5.73 Å². The monoisotopic (exact) mass is 275 g/mol. The highest BCUT2D eigenvalue weighted by atomic mass is 32.2. The number of nitrogens with two attached hydrogens (primary N) is 1. The summed E-state index contributed by atoms with van der Waals surface area (Å²) in [7, 11) is 0. The SMILES string of the molecule is CCCCCCCCCCCCCSC(N)=S. The highest BCUT2D eigenvalue weighted by Gasteiger charge is 1.94. The Kier molecular flexibility index (Phi) is 14.5. The van der Waals surface area contributed by atoms with Crippen LogP contribution in [0, 0.1) is 0 Å². The number of unbranched alkanes of at least 4 members (excludes halogenated alkanes) is 10. The Morgan fingerprint density at radius 3 is 1.65 bits per heavy atom. The Morgan fingerprint density at radius 2 is 1.24 bits per heavy atom. The maximum absolute atomic E-state index is 5.42. The third-order valence-electron chi connectivity index (χ3n) is 2.99. The van der Waals surface area contributed by atoms with E-state index in [0.29, 0.717) is 4.32 Å². The molecular weight excluding hydrogens is 246 g/mol. The van der Waals surface area contributed by atoms with Gasteiger partial charge in [-0.25, -0.2) is 0 Å². The van der Waals surface area contributed by atoms with Crippen LogP contribution in [0.4, 0.5) is 0 Å². The van der Waals surface area contributed by atoms with Crippen molar-refractivity contribution in [2.75, 3.05) is 5.75 Å². The van der Waals surface area contributed by atoms with E-state index in [9.17, 15) is 0 Å². The Hall–Kier alpha value is 0.240. The van der Waals surface area contributed by atoms with Gasteiger partial charge < -0.3 is 5.73 Å². The highest BCUT2D eigenvalue weighted by Crippen LogP contribution is 2.12. The summed E-state index contributed by atoms with van der Waals surface area (Å²) in [5.41, 5.74) is 5.42. The van der Waals surface area contributed by atoms with Crippen LogP contribution in [0.2, 0.25) is 0 Å². The van der Waals surface area contributed by atoms with E-state index in [2.05, 4.69) is 6.92 Å². The molecule has 0 saturated carbocycles. The summed E-state index contributed by atoms with van der Waals surface area (Å²) in [4.78, 5) is 0. The van der Waals surface area contributed by atoms with Crippen LogP contribution in [0.5, 0.6) is 0 Å². The number of thioether (sulfide) groups is 1. The average Bonchev–Trinajstić information content (AvgIpc) is 2.30. The van der Waals surface area contributed by atoms with Crippen molar-refractivity contribution < 1.29 is 0 Å². The molecule has 0 heterocycles. The molecule has 0 atom stereocenters. The van der Waals surface area contributed by atoms with Gasteiger partial charge in [-0.2, -0.15) is 0 Å². The van der Waals surface area contributed by atoms with Gasteiger partial charge in [0.2, 0.25) is 0 Å². The summed E-state index contributed by atoms with van der Waals surface area (Å²) in [5, 5.41) is 0. The molecular formula is C14H29NS2. The Balaban J connectivity index is 2.91. The molecule has 0 aromatic heterocycles.